The summed E-state index contributed by atoms with van der Waals surface area (Å²) in [6, 6.07) is 9.49. The van der Waals surface area contributed by atoms with Crippen molar-refractivity contribution in [3.8, 4) is 22.0 Å². The van der Waals surface area contributed by atoms with E-state index in [4.69, 9.17) is 4.98 Å². The van der Waals surface area contributed by atoms with Crippen molar-refractivity contribution in [3.63, 3.8) is 0 Å². The fourth-order valence-corrected chi connectivity index (χ4v) is 4.99. The summed E-state index contributed by atoms with van der Waals surface area (Å²) in [4.78, 5) is 37.4. The third-order valence-electron chi connectivity index (χ3n) is 5.69. The van der Waals surface area contributed by atoms with Crippen LogP contribution < -0.4 is 5.32 Å². The number of imidazole rings is 1. The number of rotatable bonds is 5. The molecule has 2 amide bonds. The molecule has 30 heavy (non-hydrogen) atoms. The van der Waals surface area contributed by atoms with Crippen molar-refractivity contribution in [1.29, 1.82) is 0 Å². The third kappa shape index (κ3) is 3.52. The van der Waals surface area contributed by atoms with E-state index >= 15 is 0 Å². The number of nitrogens with one attached hydrogen (secondary N) is 1. The lowest BCUT2D eigenvalue weighted by Gasteiger charge is -2.23. The fraction of sp³-hybridized carbons (Fsp3) is 0.364. The third-order valence-corrected chi connectivity index (χ3v) is 6.66. The largest absolute Gasteiger partial charge is 0.333 e. The molecular formula is C22H23N5O2S. The second kappa shape index (κ2) is 7.68. The van der Waals surface area contributed by atoms with Gasteiger partial charge in [0.15, 0.2) is 11.0 Å². The predicted molar refractivity (Wildman–Crippen MR) is 116 cm³/mol. The molecule has 2 fully saturated rings. The molecule has 3 aromatic rings. The summed E-state index contributed by atoms with van der Waals surface area (Å²) >= 11 is 1.41. The van der Waals surface area contributed by atoms with E-state index in [0.717, 1.165) is 41.2 Å². The van der Waals surface area contributed by atoms with Gasteiger partial charge in [-0.15, -0.1) is 0 Å². The van der Waals surface area contributed by atoms with Crippen LogP contribution >= 0.6 is 11.3 Å². The van der Waals surface area contributed by atoms with Crippen molar-refractivity contribution in [2.24, 2.45) is 13.0 Å². The van der Waals surface area contributed by atoms with Gasteiger partial charge in [0.1, 0.15) is 6.04 Å². The van der Waals surface area contributed by atoms with Gasteiger partial charge in [0.05, 0.1) is 10.6 Å². The van der Waals surface area contributed by atoms with Crippen molar-refractivity contribution < 1.29 is 9.59 Å². The van der Waals surface area contributed by atoms with Gasteiger partial charge in [0.2, 0.25) is 11.8 Å². The SMILES string of the molecule is Cn1ccnc1-c1sc(NC(=O)C2CCCN2C(=O)C2CC2)nc1-c1ccccc1. The highest BCUT2D eigenvalue weighted by Crippen LogP contribution is 2.38. The maximum atomic E-state index is 13.0. The quantitative estimate of drug-likeness (QED) is 0.683. The molecule has 1 N–H and O–H groups in total. The summed E-state index contributed by atoms with van der Waals surface area (Å²) < 4.78 is 1.94. The first-order valence-electron chi connectivity index (χ1n) is 10.3. The molecule has 1 saturated carbocycles. The Labute approximate surface area is 178 Å². The highest BCUT2D eigenvalue weighted by molar-refractivity contribution is 7.19. The molecule has 154 valence electrons. The molecule has 8 heteroatoms. The highest BCUT2D eigenvalue weighted by Gasteiger charge is 2.41. The number of carbonyl (C=O) groups excluding carboxylic acids is 2. The van der Waals surface area contributed by atoms with Crippen LogP contribution in [0.3, 0.4) is 0 Å². The van der Waals surface area contributed by atoms with E-state index in [1.807, 2.05) is 48.1 Å². The smallest absolute Gasteiger partial charge is 0.248 e. The number of nitrogens with zero attached hydrogens (tertiary/aromatic N) is 4. The van der Waals surface area contributed by atoms with E-state index in [1.54, 1.807) is 11.1 Å². The number of hydrogen-bond donors (Lipinski definition) is 1. The Kier molecular flexibility index (Phi) is 4.86. The van der Waals surface area contributed by atoms with Gasteiger partial charge in [-0.1, -0.05) is 41.7 Å². The zero-order chi connectivity index (χ0) is 20.7. The lowest BCUT2D eigenvalue weighted by atomic mass is 10.1. The number of thiazole rings is 1. The van der Waals surface area contributed by atoms with E-state index in [9.17, 15) is 9.59 Å². The second-order valence-electron chi connectivity index (χ2n) is 7.88. The first kappa shape index (κ1) is 19.0. The monoisotopic (exact) mass is 421 g/mol. The summed E-state index contributed by atoms with van der Waals surface area (Å²) in [5.74, 6) is 0.905. The summed E-state index contributed by atoms with van der Waals surface area (Å²) in [5.41, 5.74) is 1.76. The molecule has 7 nitrogen and oxygen atoms in total. The maximum Gasteiger partial charge on any atom is 0.248 e. The molecule has 2 aliphatic rings. The standard InChI is InChI=1S/C22H23N5O2S/c1-26-13-11-23-19(26)18-17(14-6-3-2-4-7-14)24-22(30-18)25-20(28)16-8-5-12-27(16)21(29)15-9-10-15/h2-4,6-7,11,13,15-16H,5,8-10,12H2,1H3,(H,24,25,28). The summed E-state index contributed by atoms with van der Waals surface area (Å²) in [5, 5.41) is 3.51. The minimum atomic E-state index is -0.404. The van der Waals surface area contributed by atoms with Crippen LogP contribution in [0, 0.1) is 5.92 Å². The number of amides is 2. The molecule has 0 spiro atoms. The minimum absolute atomic E-state index is 0.123. The van der Waals surface area contributed by atoms with Crippen molar-refractivity contribution >= 4 is 28.3 Å². The predicted octanol–water partition coefficient (Wildman–Crippen LogP) is 3.55. The van der Waals surface area contributed by atoms with Crippen LogP contribution in [0.15, 0.2) is 42.7 Å². The minimum Gasteiger partial charge on any atom is -0.333 e. The van der Waals surface area contributed by atoms with Gasteiger partial charge in [0.25, 0.3) is 0 Å². The van der Waals surface area contributed by atoms with Crippen molar-refractivity contribution in [3.05, 3.63) is 42.7 Å². The fourth-order valence-electron chi connectivity index (χ4n) is 3.96. The van der Waals surface area contributed by atoms with E-state index in [1.165, 1.54) is 11.3 Å². The van der Waals surface area contributed by atoms with Crippen LogP contribution in [0.5, 0.6) is 0 Å². The molecule has 2 aromatic heterocycles. The number of anilines is 1. The second-order valence-corrected chi connectivity index (χ2v) is 8.88. The molecule has 1 atom stereocenters. The number of hydrogen-bond acceptors (Lipinski definition) is 5. The zero-order valence-electron chi connectivity index (χ0n) is 16.7. The molecule has 5 rings (SSSR count). The van der Waals surface area contributed by atoms with Gasteiger partial charge >= 0.3 is 0 Å². The van der Waals surface area contributed by atoms with Crippen LogP contribution in [0.4, 0.5) is 5.13 Å². The Morgan fingerprint density at radius 2 is 1.97 bits per heavy atom. The molecule has 0 bridgehead atoms. The van der Waals surface area contributed by atoms with Crippen LogP contribution in [-0.2, 0) is 16.6 Å². The Morgan fingerprint density at radius 1 is 1.17 bits per heavy atom. The number of aromatic nitrogens is 3. The Bertz CT molecular complexity index is 1090. The van der Waals surface area contributed by atoms with Gasteiger partial charge in [-0.3, -0.25) is 9.59 Å². The number of benzene rings is 1. The molecule has 1 aliphatic heterocycles. The van der Waals surface area contributed by atoms with E-state index in [2.05, 4.69) is 10.3 Å². The van der Waals surface area contributed by atoms with E-state index in [-0.39, 0.29) is 17.7 Å². The van der Waals surface area contributed by atoms with Crippen LogP contribution in [-0.4, -0.2) is 43.8 Å². The Hall–Kier alpha value is -3.00. The van der Waals surface area contributed by atoms with Crippen molar-refractivity contribution in [2.45, 2.75) is 31.7 Å². The van der Waals surface area contributed by atoms with Crippen LogP contribution in [0.1, 0.15) is 25.7 Å². The van der Waals surface area contributed by atoms with E-state index in [0.29, 0.717) is 18.1 Å². The Morgan fingerprint density at radius 3 is 2.67 bits per heavy atom. The molecule has 1 aromatic carbocycles. The maximum absolute atomic E-state index is 13.0. The lowest BCUT2D eigenvalue weighted by Crippen LogP contribution is -2.43. The molecule has 1 unspecified atom stereocenters. The zero-order valence-corrected chi connectivity index (χ0v) is 17.6. The van der Waals surface area contributed by atoms with Crippen LogP contribution in [0.2, 0.25) is 0 Å². The number of aryl methyl sites for hydroxylation is 1. The molecule has 1 aliphatic carbocycles. The van der Waals surface area contributed by atoms with Gasteiger partial charge < -0.3 is 14.8 Å². The highest BCUT2D eigenvalue weighted by atomic mass is 32.1. The van der Waals surface area contributed by atoms with Gasteiger partial charge in [-0.2, -0.15) is 0 Å². The van der Waals surface area contributed by atoms with E-state index < -0.39 is 6.04 Å². The molecule has 1 saturated heterocycles. The average molecular weight is 422 g/mol. The van der Waals surface area contributed by atoms with Gasteiger partial charge in [-0.05, 0) is 25.7 Å². The molecular weight excluding hydrogens is 398 g/mol. The molecule has 0 radical (unpaired) electrons. The van der Waals surface area contributed by atoms with Gasteiger partial charge in [0, 0.05) is 37.5 Å². The topological polar surface area (TPSA) is 80.1 Å². The lowest BCUT2D eigenvalue weighted by molar-refractivity contribution is -0.137. The summed E-state index contributed by atoms with van der Waals surface area (Å²) in [7, 11) is 1.94. The first-order chi connectivity index (χ1) is 14.6. The summed E-state index contributed by atoms with van der Waals surface area (Å²) in [6.45, 7) is 0.666. The summed E-state index contributed by atoms with van der Waals surface area (Å²) in [6.07, 6.45) is 7.10. The van der Waals surface area contributed by atoms with Crippen molar-refractivity contribution in [2.75, 3.05) is 11.9 Å². The molecule has 3 heterocycles. The number of carbonyl (C=O) groups is 2. The average Bonchev–Trinajstić information content (AvgIpc) is 3.13. The van der Waals surface area contributed by atoms with Gasteiger partial charge in [-0.25, -0.2) is 9.97 Å². The normalized spacial score (nSPS) is 18.6. The first-order valence-corrected chi connectivity index (χ1v) is 11.1. The number of likely N-dealkylation sites (tertiary alicyclic amines) is 1. The Balaban J connectivity index is 1.43. The van der Waals surface area contributed by atoms with Crippen molar-refractivity contribution in [1.82, 2.24) is 19.4 Å². The van der Waals surface area contributed by atoms with Crippen LogP contribution in [0.25, 0.3) is 22.0 Å².